The predicted octanol–water partition coefficient (Wildman–Crippen LogP) is 2.79. The predicted molar refractivity (Wildman–Crippen MR) is 102 cm³/mol. The van der Waals surface area contributed by atoms with Crippen molar-refractivity contribution in [1.82, 2.24) is 0 Å². The van der Waals surface area contributed by atoms with Crippen LogP contribution in [0.4, 0.5) is 0 Å². The van der Waals surface area contributed by atoms with Gasteiger partial charge in [0, 0.05) is 30.6 Å². The monoisotopic (exact) mass is 396 g/mol. The van der Waals surface area contributed by atoms with Gasteiger partial charge in [-0.05, 0) is 31.1 Å². The molecule has 6 nitrogen and oxygen atoms in total. The Morgan fingerprint density at radius 1 is 1.11 bits per heavy atom. The minimum atomic E-state index is -0.779. The molecule has 0 amide bonds. The lowest BCUT2D eigenvalue weighted by Crippen LogP contribution is -2.71. The molecular formula is C22H36O6. The van der Waals surface area contributed by atoms with Gasteiger partial charge in [0.25, 0.3) is 0 Å². The summed E-state index contributed by atoms with van der Waals surface area (Å²) in [5.41, 5.74) is -1.30. The standard InChI is InChI=1S/C22H36O6/c1-13-16(25)17(27-14(2)23)18-19(3,4)7-6-8-20(18,5)22(13)10-9-21(28-22)11-15(24)26-12-21/h13,15-18,24-25H,6-12H2,1-5H3/t13-,15-,16-,17-,18+,20+,21+,22-/m1/s1. The molecule has 2 saturated carbocycles. The van der Waals surface area contributed by atoms with E-state index in [1.54, 1.807) is 0 Å². The maximum Gasteiger partial charge on any atom is 0.303 e. The molecule has 2 N–H and O–H groups in total. The Hall–Kier alpha value is -0.690. The quantitative estimate of drug-likeness (QED) is 0.663. The van der Waals surface area contributed by atoms with Gasteiger partial charge in [0.1, 0.15) is 6.10 Å². The largest absolute Gasteiger partial charge is 0.459 e. The number of aliphatic hydroxyl groups is 2. The number of carbonyl (C=O) groups is 1. The Kier molecular flexibility index (Phi) is 4.70. The summed E-state index contributed by atoms with van der Waals surface area (Å²) >= 11 is 0. The minimum Gasteiger partial charge on any atom is -0.459 e. The van der Waals surface area contributed by atoms with E-state index in [2.05, 4.69) is 20.8 Å². The highest BCUT2D eigenvalue weighted by molar-refractivity contribution is 5.66. The third-order valence-corrected chi connectivity index (χ3v) is 8.66. The summed E-state index contributed by atoms with van der Waals surface area (Å²) in [4.78, 5) is 11.9. The van der Waals surface area contributed by atoms with E-state index >= 15 is 0 Å². The van der Waals surface area contributed by atoms with Crippen molar-refractivity contribution in [3.05, 3.63) is 0 Å². The van der Waals surface area contributed by atoms with Crippen molar-refractivity contribution in [2.45, 2.75) is 103 Å². The van der Waals surface area contributed by atoms with E-state index in [0.717, 1.165) is 32.1 Å². The summed E-state index contributed by atoms with van der Waals surface area (Å²) in [5, 5.41) is 21.3. The minimum absolute atomic E-state index is 0.00578. The van der Waals surface area contributed by atoms with Crippen molar-refractivity contribution in [3.8, 4) is 0 Å². The lowest BCUT2D eigenvalue weighted by Gasteiger charge is -2.66. The highest BCUT2D eigenvalue weighted by Crippen LogP contribution is 2.68. The SMILES string of the molecule is CC(=O)O[C@@H]1[C@H](O)[C@@H](C)[C@]2(CC[C@]3(CO[C@@H](O)C3)O2)[C@@]2(C)CCCC(C)(C)[C@H]12. The highest BCUT2D eigenvalue weighted by Gasteiger charge is 2.72. The molecule has 4 fully saturated rings. The van der Waals surface area contributed by atoms with Crippen LogP contribution in [0.3, 0.4) is 0 Å². The summed E-state index contributed by atoms with van der Waals surface area (Å²) in [6, 6.07) is 0. The number of hydrogen-bond acceptors (Lipinski definition) is 6. The highest BCUT2D eigenvalue weighted by atomic mass is 16.6. The van der Waals surface area contributed by atoms with E-state index in [0.29, 0.717) is 13.0 Å². The van der Waals surface area contributed by atoms with Crippen LogP contribution in [0.15, 0.2) is 0 Å². The third-order valence-electron chi connectivity index (χ3n) is 8.66. The first-order valence-corrected chi connectivity index (χ1v) is 10.8. The lowest BCUT2D eigenvalue weighted by molar-refractivity contribution is -0.299. The Balaban J connectivity index is 1.79. The number of rotatable bonds is 1. The first kappa shape index (κ1) is 20.6. The van der Waals surface area contributed by atoms with Crippen LogP contribution < -0.4 is 0 Å². The van der Waals surface area contributed by atoms with E-state index < -0.39 is 29.7 Å². The molecular weight excluding hydrogens is 360 g/mol. The number of aliphatic hydroxyl groups excluding tert-OH is 2. The second kappa shape index (κ2) is 6.40. The van der Waals surface area contributed by atoms with Gasteiger partial charge in [-0.25, -0.2) is 0 Å². The Morgan fingerprint density at radius 3 is 2.43 bits per heavy atom. The summed E-state index contributed by atoms with van der Waals surface area (Å²) < 4.78 is 18.2. The number of carbonyl (C=O) groups excluding carboxylic acids is 1. The number of ether oxygens (including phenoxy) is 3. The first-order valence-electron chi connectivity index (χ1n) is 10.8. The molecule has 6 heteroatoms. The number of hydrogen-bond donors (Lipinski definition) is 2. The van der Waals surface area contributed by atoms with Crippen LogP contribution in [-0.4, -0.2) is 52.5 Å². The molecule has 0 radical (unpaired) electrons. The second-order valence-corrected chi connectivity index (χ2v) is 10.7. The normalized spacial score (nSPS) is 52.8. The first-order chi connectivity index (χ1) is 13.0. The van der Waals surface area contributed by atoms with E-state index in [1.807, 2.05) is 6.92 Å². The van der Waals surface area contributed by atoms with Gasteiger partial charge in [0.05, 0.1) is 23.9 Å². The van der Waals surface area contributed by atoms with Crippen LogP contribution in [0, 0.1) is 22.7 Å². The van der Waals surface area contributed by atoms with E-state index in [9.17, 15) is 15.0 Å². The maximum atomic E-state index is 11.9. The van der Waals surface area contributed by atoms with Crippen molar-refractivity contribution in [2.24, 2.45) is 22.7 Å². The van der Waals surface area contributed by atoms with Crippen molar-refractivity contribution in [3.63, 3.8) is 0 Å². The molecule has 4 rings (SSSR count). The van der Waals surface area contributed by atoms with Crippen molar-refractivity contribution in [2.75, 3.05) is 6.61 Å². The van der Waals surface area contributed by atoms with Crippen molar-refractivity contribution >= 4 is 5.97 Å². The average Bonchev–Trinajstić information content (AvgIpc) is 3.14. The molecule has 2 saturated heterocycles. The van der Waals surface area contributed by atoms with E-state index in [-0.39, 0.29) is 28.6 Å². The Labute approximate surface area is 167 Å². The summed E-state index contributed by atoms with van der Waals surface area (Å²) in [6.07, 6.45) is 3.16. The molecule has 2 spiro atoms. The molecule has 2 aliphatic carbocycles. The molecule has 28 heavy (non-hydrogen) atoms. The van der Waals surface area contributed by atoms with E-state index in [1.165, 1.54) is 6.92 Å². The van der Waals surface area contributed by atoms with Crippen LogP contribution in [0.5, 0.6) is 0 Å². The molecule has 0 aromatic carbocycles. The molecule has 0 unspecified atom stereocenters. The Morgan fingerprint density at radius 2 is 1.82 bits per heavy atom. The fraction of sp³-hybridized carbons (Fsp3) is 0.955. The van der Waals surface area contributed by atoms with Gasteiger partial charge in [-0.3, -0.25) is 4.79 Å². The van der Waals surface area contributed by atoms with Crippen LogP contribution >= 0.6 is 0 Å². The van der Waals surface area contributed by atoms with Gasteiger partial charge in [-0.15, -0.1) is 0 Å². The fourth-order valence-corrected chi connectivity index (χ4v) is 7.53. The van der Waals surface area contributed by atoms with Crippen molar-refractivity contribution < 1.29 is 29.2 Å². The molecule has 0 aromatic rings. The number of esters is 1. The van der Waals surface area contributed by atoms with Gasteiger partial charge >= 0.3 is 5.97 Å². The maximum absolute atomic E-state index is 11.9. The topological polar surface area (TPSA) is 85.2 Å². The third kappa shape index (κ3) is 2.71. The average molecular weight is 397 g/mol. The molecule has 2 aliphatic heterocycles. The molecule has 0 bridgehead atoms. The smallest absolute Gasteiger partial charge is 0.303 e. The zero-order valence-electron chi connectivity index (χ0n) is 17.9. The Bertz CT molecular complexity index is 649. The summed E-state index contributed by atoms with van der Waals surface area (Å²) in [7, 11) is 0. The molecule has 8 atom stereocenters. The van der Waals surface area contributed by atoms with Crippen LogP contribution in [-0.2, 0) is 19.0 Å². The second-order valence-electron chi connectivity index (χ2n) is 10.7. The molecule has 2 heterocycles. The molecule has 160 valence electrons. The van der Waals surface area contributed by atoms with Gasteiger partial charge in [-0.2, -0.15) is 0 Å². The molecule has 4 aliphatic rings. The van der Waals surface area contributed by atoms with Gasteiger partial charge in [-0.1, -0.05) is 34.1 Å². The van der Waals surface area contributed by atoms with Gasteiger partial charge in [0.15, 0.2) is 6.29 Å². The summed E-state index contributed by atoms with van der Waals surface area (Å²) in [5.74, 6) is -0.512. The fourth-order valence-electron chi connectivity index (χ4n) is 7.53. The van der Waals surface area contributed by atoms with Crippen LogP contribution in [0.1, 0.15) is 73.1 Å². The van der Waals surface area contributed by atoms with E-state index in [4.69, 9.17) is 14.2 Å². The van der Waals surface area contributed by atoms with Crippen LogP contribution in [0.2, 0.25) is 0 Å². The van der Waals surface area contributed by atoms with Crippen molar-refractivity contribution in [1.29, 1.82) is 0 Å². The van der Waals surface area contributed by atoms with Gasteiger partial charge < -0.3 is 24.4 Å². The molecule has 0 aromatic heterocycles. The van der Waals surface area contributed by atoms with Crippen LogP contribution in [0.25, 0.3) is 0 Å². The summed E-state index contributed by atoms with van der Waals surface area (Å²) in [6.45, 7) is 10.6. The number of fused-ring (bicyclic) bond motifs is 2. The zero-order chi connectivity index (χ0) is 20.5. The lowest BCUT2D eigenvalue weighted by atomic mass is 9.43. The zero-order valence-corrected chi connectivity index (χ0v) is 17.9. The van der Waals surface area contributed by atoms with Gasteiger partial charge in [0.2, 0.25) is 0 Å².